The monoisotopic (exact) mass is 458 g/mol. The van der Waals surface area contributed by atoms with E-state index < -0.39 is 45.7 Å². The van der Waals surface area contributed by atoms with Crippen LogP contribution in [0.15, 0.2) is 0 Å². The molecule has 130 valence electrons. The molecule has 0 radical (unpaired) electrons. The van der Waals surface area contributed by atoms with Crippen LogP contribution in [0, 0.1) is 0 Å². The van der Waals surface area contributed by atoms with Gasteiger partial charge in [0, 0.05) is 6.42 Å². The van der Waals surface area contributed by atoms with Crippen molar-refractivity contribution >= 4 is 28.6 Å². The summed E-state index contributed by atoms with van der Waals surface area (Å²) in [5.74, 6) is -27.5. The quantitative estimate of drug-likeness (QED) is 0.276. The molecule has 1 saturated carbocycles. The zero-order valence-corrected chi connectivity index (χ0v) is 12.7. The van der Waals surface area contributed by atoms with E-state index in [4.69, 9.17) is 0 Å². The Morgan fingerprint density at radius 2 is 1.27 bits per heavy atom. The first-order chi connectivity index (χ1) is 9.62. The number of hydrogen-bond donors (Lipinski definition) is 0. The van der Waals surface area contributed by atoms with Gasteiger partial charge in [0.2, 0.25) is 0 Å². The second kappa shape index (κ2) is 5.30. The number of alkyl halides is 10. The maximum Gasteiger partial charge on any atom is 0.381 e. The summed E-state index contributed by atoms with van der Waals surface area (Å²) in [6.45, 7) is 0.907. The highest BCUT2D eigenvalue weighted by Crippen LogP contribution is 2.70. The average Bonchev–Trinajstić information content (AvgIpc) is 2.41. The van der Waals surface area contributed by atoms with Crippen molar-refractivity contribution in [1.82, 2.24) is 0 Å². The molecule has 0 bridgehead atoms. The van der Waals surface area contributed by atoms with Crippen LogP contribution >= 0.6 is 22.6 Å². The molecule has 0 aromatic carbocycles. The van der Waals surface area contributed by atoms with Crippen molar-refractivity contribution < 1.29 is 49.0 Å². The van der Waals surface area contributed by atoms with Gasteiger partial charge in [0.15, 0.2) is 0 Å². The molecule has 1 atom stereocenters. The molecule has 1 aliphatic rings. The molecule has 0 aliphatic heterocycles. The fourth-order valence-corrected chi connectivity index (χ4v) is 2.70. The maximum absolute atomic E-state index is 14.0. The summed E-state index contributed by atoms with van der Waals surface area (Å²) in [6, 6.07) is 0. The largest absolute Gasteiger partial charge is 0.465 e. The fourth-order valence-electron chi connectivity index (χ4n) is 1.91. The molecule has 1 fully saturated rings. The van der Waals surface area contributed by atoms with E-state index in [0.717, 1.165) is 22.6 Å². The standard InChI is InChI=1S/C10H8F9IO2/c1-2-22-5(21)4(20)3-6(11)7(12,13)9(16,17)10(18,19)8(6,14)15/h4H,2-3H2,1H3. The lowest BCUT2D eigenvalue weighted by Gasteiger charge is -2.31. The third kappa shape index (κ3) is 2.11. The van der Waals surface area contributed by atoms with E-state index in [9.17, 15) is 44.3 Å². The predicted molar refractivity (Wildman–Crippen MR) is 62.7 cm³/mol. The Morgan fingerprint density at radius 1 is 0.909 bits per heavy atom. The summed E-state index contributed by atoms with van der Waals surface area (Å²) in [5, 5.41) is 0. The Morgan fingerprint density at radius 3 is 1.59 bits per heavy atom. The van der Waals surface area contributed by atoms with E-state index in [1.165, 1.54) is 6.92 Å². The molecule has 0 spiro atoms. The number of esters is 1. The zero-order valence-electron chi connectivity index (χ0n) is 10.6. The van der Waals surface area contributed by atoms with Crippen LogP contribution in [-0.4, -0.2) is 45.9 Å². The second-order valence-electron chi connectivity index (χ2n) is 4.52. The van der Waals surface area contributed by atoms with E-state index in [1.807, 2.05) is 0 Å². The van der Waals surface area contributed by atoms with E-state index >= 15 is 0 Å². The molecule has 12 heteroatoms. The summed E-state index contributed by atoms with van der Waals surface area (Å²) in [4.78, 5) is 11.2. The van der Waals surface area contributed by atoms with Gasteiger partial charge in [0.05, 0.1) is 6.61 Å². The SMILES string of the molecule is CCOC(=O)C(I)CC1(F)C(F)(F)C(F)(F)C(F)(F)C1(F)F. The predicted octanol–water partition coefficient (Wildman–Crippen LogP) is 4.01. The van der Waals surface area contributed by atoms with Crippen LogP contribution < -0.4 is 0 Å². The summed E-state index contributed by atoms with van der Waals surface area (Å²) >= 11 is 0.877. The van der Waals surface area contributed by atoms with Gasteiger partial charge in [-0.3, -0.25) is 4.79 Å². The topological polar surface area (TPSA) is 26.3 Å². The number of carbonyl (C=O) groups is 1. The number of carbonyl (C=O) groups excluding carboxylic acids is 1. The van der Waals surface area contributed by atoms with Gasteiger partial charge < -0.3 is 4.74 Å². The van der Waals surface area contributed by atoms with Crippen molar-refractivity contribution in [2.45, 2.75) is 46.6 Å². The van der Waals surface area contributed by atoms with Crippen LogP contribution in [0.2, 0.25) is 0 Å². The first-order valence-corrected chi connectivity index (χ1v) is 6.87. The van der Waals surface area contributed by atoms with Crippen molar-refractivity contribution in [2.24, 2.45) is 0 Å². The molecule has 0 heterocycles. The van der Waals surface area contributed by atoms with Gasteiger partial charge in [-0.25, -0.2) is 4.39 Å². The van der Waals surface area contributed by atoms with E-state index in [1.54, 1.807) is 0 Å². The Kier molecular flexibility index (Phi) is 4.72. The highest BCUT2D eigenvalue weighted by atomic mass is 127. The lowest BCUT2D eigenvalue weighted by atomic mass is 9.91. The normalized spacial score (nSPS) is 28.1. The number of hydrogen-bond acceptors (Lipinski definition) is 2. The minimum atomic E-state index is -6.62. The Balaban J connectivity index is 3.34. The number of halogens is 10. The second-order valence-corrected chi connectivity index (χ2v) is 6.03. The highest BCUT2D eigenvalue weighted by Gasteiger charge is 3.00. The molecular formula is C10H8F9IO2. The van der Waals surface area contributed by atoms with Crippen molar-refractivity contribution in [1.29, 1.82) is 0 Å². The molecule has 1 unspecified atom stereocenters. The van der Waals surface area contributed by atoms with Crippen molar-refractivity contribution in [3.63, 3.8) is 0 Å². The van der Waals surface area contributed by atoms with Crippen LogP contribution in [0.25, 0.3) is 0 Å². The summed E-state index contributed by atoms with van der Waals surface area (Å²) < 4.78 is 121. The molecule has 0 aromatic rings. The van der Waals surface area contributed by atoms with Gasteiger partial charge in [0.1, 0.15) is 3.92 Å². The summed E-state index contributed by atoms with van der Waals surface area (Å²) in [5.41, 5.74) is -5.62. The van der Waals surface area contributed by atoms with Gasteiger partial charge in [-0.1, -0.05) is 22.6 Å². The minimum Gasteiger partial charge on any atom is -0.465 e. The molecule has 0 aromatic heterocycles. The van der Waals surface area contributed by atoms with E-state index in [2.05, 4.69) is 4.74 Å². The molecule has 2 nitrogen and oxygen atoms in total. The third-order valence-electron chi connectivity index (χ3n) is 3.18. The highest BCUT2D eigenvalue weighted by molar-refractivity contribution is 14.1. The minimum absolute atomic E-state index is 0.337. The van der Waals surface area contributed by atoms with Crippen LogP contribution in [0.3, 0.4) is 0 Å². The van der Waals surface area contributed by atoms with Crippen LogP contribution in [0.1, 0.15) is 13.3 Å². The van der Waals surface area contributed by atoms with Crippen LogP contribution in [0.5, 0.6) is 0 Å². The molecule has 22 heavy (non-hydrogen) atoms. The third-order valence-corrected chi connectivity index (χ3v) is 4.13. The van der Waals surface area contributed by atoms with Crippen LogP contribution in [0.4, 0.5) is 39.5 Å². The molecule has 0 amide bonds. The smallest absolute Gasteiger partial charge is 0.381 e. The number of rotatable bonds is 4. The van der Waals surface area contributed by atoms with Gasteiger partial charge in [-0.15, -0.1) is 0 Å². The molecule has 1 aliphatic carbocycles. The first kappa shape index (κ1) is 19.6. The van der Waals surface area contributed by atoms with Crippen molar-refractivity contribution in [3.05, 3.63) is 0 Å². The number of ether oxygens (including phenoxy) is 1. The molecule has 0 saturated heterocycles. The van der Waals surface area contributed by atoms with Gasteiger partial charge in [-0.05, 0) is 6.92 Å². The Bertz CT molecular complexity index is 439. The summed E-state index contributed by atoms with van der Waals surface area (Å²) in [6.07, 6.45) is -2.27. The maximum atomic E-state index is 14.0. The van der Waals surface area contributed by atoms with Gasteiger partial charge >= 0.3 is 29.7 Å². The van der Waals surface area contributed by atoms with E-state index in [0.29, 0.717) is 0 Å². The molecule has 1 rings (SSSR count). The lowest BCUT2D eigenvalue weighted by molar-refractivity contribution is -0.303. The summed E-state index contributed by atoms with van der Waals surface area (Å²) in [7, 11) is 0. The van der Waals surface area contributed by atoms with Crippen molar-refractivity contribution in [2.75, 3.05) is 6.61 Å². The fraction of sp³-hybridized carbons (Fsp3) is 0.900. The zero-order chi connectivity index (χ0) is 17.8. The van der Waals surface area contributed by atoms with E-state index in [-0.39, 0.29) is 6.61 Å². The average molecular weight is 458 g/mol. The lowest BCUT2D eigenvalue weighted by Crippen LogP contribution is -2.56. The Hall–Kier alpha value is -0.430. The molecule has 0 N–H and O–H groups in total. The van der Waals surface area contributed by atoms with Gasteiger partial charge in [0.25, 0.3) is 5.67 Å². The van der Waals surface area contributed by atoms with Gasteiger partial charge in [-0.2, -0.15) is 35.1 Å². The first-order valence-electron chi connectivity index (χ1n) is 5.62. The van der Waals surface area contributed by atoms with Crippen LogP contribution in [-0.2, 0) is 9.53 Å². The van der Waals surface area contributed by atoms with Crippen molar-refractivity contribution in [3.8, 4) is 0 Å². The Labute approximate surface area is 131 Å². The molecular weight excluding hydrogens is 450 g/mol.